The molecule has 0 aliphatic carbocycles. The lowest BCUT2D eigenvalue weighted by Gasteiger charge is -2.22. The third-order valence-corrected chi connectivity index (χ3v) is 4.30. The van der Waals surface area contributed by atoms with E-state index in [1.807, 2.05) is 0 Å². The summed E-state index contributed by atoms with van der Waals surface area (Å²) < 4.78 is 19.5. The molecule has 5 N–H and O–H groups in total. The zero-order valence-corrected chi connectivity index (χ0v) is 15.9. The molecule has 3 aromatic rings. The van der Waals surface area contributed by atoms with Crippen molar-refractivity contribution in [3.8, 4) is 11.5 Å². The lowest BCUT2D eigenvalue weighted by atomic mass is 10.0. The predicted octanol–water partition coefficient (Wildman–Crippen LogP) is 3.79. The summed E-state index contributed by atoms with van der Waals surface area (Å²) in [5.41, 5.74) is 6.87. The number of ether oxygens (including phenoxy) is 1. The second-order valence-corrected chi connectivity index (χ2v) is 6.49. The minimum absolute atomic E-state index is 0.184. The molecule has 1 amide bonds. The molecule has 0 spiro atoms. The number of aromatic hydroxyl groups is 1. The SMILES string of the molecule is Nc1ccccc1NC(=O)/C=C/[C@@H](Oc1ccccc1)[C@H](O)c1ccc(O)c(F)c1. The van der Waals surface area contributed by atoms with Gasteiger partial charge in [0, 0.05) is 6.08 Å². The number of nitrogens with two attached hydrogens (primary N) is 1. The number of hydrogen-bond acceptors (Lipinski definition) is 5. The number of nitrogens with one attached hydrogen (secondary N) is 1. The fourth-order valence-corrected chi connectivity index (χ4v) is 2.73. The van der Waals surface area contributed by atoms with Gasteiger partial charge in [0.1, 0.15) is 18.0 Å². The third-order valence-electron chi connectivity index (χ3n) is 4.30. The number of amides is 1. The van der Waals surface area contributed by atoms with Crippen molar-refractivity contribution in [2.75, 3.05) is 11.1 Å². The second-order valence-electron chi connectivity index (χ2n) is 6.49. The number of phenols is 1. The van der Waals surface area contributed by atoms with Crippen LogP contribution in [0.25, 0.3) is 0 Å². The van der Waals surface area contributed by atoms with Crippen LogP contribution in [0.3, 0.4) is 0 Å². The van der Waals surface area contributed by atoms with Crippen molar-refractivity contribution >= 4 is 17.3 Å². The number of anilines is 2. The van der Waals surface area contributed by atoms with Crippen molar-refractivity contribution in [3.63, 3.8) is 0 Å². The maximum atomic E-state index is 13.7. The Morgan fingerprint density at radius 1 is 1.07 bits per heavy atom. The Kier molecular flexibility index (Phi) is 6.67. The summed E-state index contributed by atoms with van der Waals surface area (Å²) in [4.78, 5) is 12.3. The zero-order chi connectivity index (χ0) is 21.5. The third kappa shape index (κ3) is 5.36. The van der Waals surface area contributed by atoms with E-state index in [-0.39, 0.29) is 5.56 Å². The number of aliphatic hydroxyl groups is 1. The summed E-state index contributed by atoms with van der Waals surface area (Å²) in [6, 6.07) is 19.0. The molecule has 30 heavy (non-hydrogen) atoms. The van der Waals surface area contributed by atoms with Crippen molar-refractivity contribution in [1.82, 2.24) is 0 Å². The Morgan fingerprint density at radius 2 is 1.77 bits per heavy atom. The first-order valence-corrected chi connectivity index (χ1v) is 9.16. The molecule has 3 aromatic carbocycles. The van der Waals surface area contributed by atoms with Crippen molar-refractivity contribution < 1.29 is 24.1 Å². The van der Waals surface area contributed by atoms with Gasteiger partial charge in [0.05, 0.1) is 11.4 Å². The van der Waals surface area contributed by atoms with Gasteiger partial charge in [-0.25, -0.2) is 4.39 Å². The molecule has 0 saturated carbocycles. The highest BCUT2D eigenvalue weighted by Gasteiger charge is 2.22. The smallest absolute Gasteiger partial charge is 0.248 e. The van der Waals surface area contributed by atoms with Crippen LogP contribution in [0.4, 0.5) is 15.8 Å². The van der Waals surface area contributed by atoms with Crippen LogP contribution in [0, 0.1) is 5.82 Å². The zero-order valence-electron chi connectivity index (χ0n) is 15.9. The number of rotatable bonds is 7. The Morgan fingerprint density at radius 3 is 2.47 bits per heavy atom. The topological polar surface area (TPSA) is 105 Å². The molecule has 0 heterocycles. The van der Waals surface area contributed by atoms with Gasteiger partial charge in [0.15, 0.2) is 11.6 Å². The molecule has 0 fully saturated rings. The first-order chi connectivity index (χ1) is 14.4. The molecule has 0 bridgehead atoms. The number of nitrogen functional groups attached to an aromatic ring is 1. The van der Waals surface area contributed by atoms with E-state index >= 15 is 0 Å². The highest BCUT2D eigenvalue weighted by atomic mass is 19.1. The molecule has 6 nitrogen and oxygen atoms in total. The molecule has 7 heteroatoms. The van der Waals surface area contributed by atoms with Gasteiger partial charge < -0.3 is 26.0 Å². The molecule has 2 atom stereocenters. The van der Waals surface area contributed by atoms with Gasteiger partial charge in [0.25, 0.3) is 0 Å². The number of carbonyl (C=O) groups is 1. The van der Waals surface area contributed by atoms with Crippen LogP contribution in [0.2, 0.25) is 0 Å². The van der Waals surface area contributed by atoms with E-state index in [0.29, 0.717) is 17.1 Å². The molecular formula is C23H21FN2O4. The van der Waals surface area contributed by atoms with Gasteiger partial charge in [-0.2, -0.15) is 0 Å². The summed E-state index contributed by atoms with van der Waals surface area (Å²) in [5, 5.41) is 22.7. The summed E-state index contributed by atoms with van der Waals surface area (Å²) in [7, 11) is 0. The summed E-state index contributed by atoms with van der Waals surface area (Å²) >= 11 is 0. The summed E-state index contributed by atoms with van der Waals surface area (Å²) in [5.74, 6) is -1.41. The average molecular weight is 408 g/mol. The van der Waals surface area contributed by atoms with E-state index in [2.05, 4.69) is 5.32 Å². The Hall–Kier alpha value is -3.84. The lowest BCUT2D eigenvalue weighted by molar-refractivity contribution is -0.112. The highest BCUT2D eigenvalue weighted by molar-refractivity contribution is 6.01. The molecule has 0 aliphatic rings. The fraction of sp³-hybridized carbons (Fsp3) is 0.0870. The van der Waals surface area contributed by atoms with Crippen LogP contribution in [-0.4, -0.2) is 22.2 Å². The minimum atomic E-state index is -1.30. The van der Waals surface area contributed by atoms with E-state index in [0.717, 1.165) is 12.1 Å². The number of phenolic OH excluding ortho intramolecular Hbond substituents is 1. The van der Waals surface area contributed by atoms with Gasteiger partial charge in [-0.05, 0) is 48.0 Å². The first-order valence-electron chi connectivity index (χ1n) is 9.16. The van der Waals surface area contributed by atoms with Gasteiger partial charge in [0.2, 0.25) is 5.91 Å². The number of aliphatic hydroxyl groups excluding tert-OH is 1. The van der Waals surface area contributed by atoms with Crippen LogP contribution in [0.15, 0.2) is 84.9 Å². The van der Waals surface area contributed by atoms with Crippen LogP contribution in [-0.2, 0) is 4.79 Å². The lowest BCUT2D eigenvalue weighted by Crippen LogP contribution is -2.24. The maximum absolute atomic E-state index is 13.7. The summed E-state index contributed by atoms with van der Waals surface area (Å²) in [6.45, 7) is 0. The summed E-state index contributed by atoms with van der Waals surface area (Å²) in [6.07, 6.45) is 0.276. The molecule has 0 radical (unpaired) electrons. The number of halogens is 1. The normalized spacial score (nSPS) is 13.0. The molecule has 0 aliphatic heterocycles. The van der Waals surface area contributed by atoms with Crippen LogP contribution < -0.4 is 15.8 Å². The molecule has 0 saturated heterocycles. The number of hydrogen-bond donors (Lipinski definition) is 4. The number of para-hydroxylation sites is 3. The van der Waals surface area contributed by atoms with E-state index < -0.39 is 29.7 Å². The molecular weight excluding hydrogens is 387 g/mol. The van der Waals surface area contributed by atoms with E-state index in [1.54, 1.807) is 54.6 Å². The number of carbonyl (C=O) groups excluding carboxylic acids is 1. The monoisotopic (exact) mass is 408 g/mol. The van der Waals surface area contributed by atoms with E-state index in [9.17, 15) is 19.4 Å². The molecule has 154 valence electrons. The van der Waals surface area contributed by atoms with Crippen LogP contribution in [0.1, 0.15) is 11.7 Å². The second kappa shape index (κ2) is 9.58. The molecule has 0 aromatic heterocycles. The predicted molar refractivity (Wildman–Crippen MR) is 113 cm³/mol. The van der Waals surface area contributed by atoms with Crippen molar-refractivity contribution in [1.29, 1.82) is 0 Å². The average Bonchev–Trinajstić information content (AvgIpc) is 2.75. The van der Waals surface area contributed by atoms with Crippen LogP contribution >= 0.6 is 0 Å². The van der Waals surface area contributed by atoms with Gasteiger partial charge in [-0.3, -0.25) is 4.79 Å². The van der Waals surface area contributed by atoms with Gasteiger partial charge >= 0.3 is 0 Å². The highest BCUT2D eigenvalue weighted by Crippen LogP contribution is 2.26. The quantitative estimate of drug-likeness (QED) is 0.352. The standard InChI is InChI=1S/C23H21FN2O4/c24-17-14-15(10-11-20(17)27)23(29)21(30-16-6-2-1-3-7-16)12-13-22(28)26-19-9-5-4-8-18(19)25/h1-14,21,23,27,29H,25H2,(H,26,28)/b13-12+/t21-,23-/m1/s1. The molecule has 0 unspecified atom stereocenters. The molecule has 3 rings (SSSR count). The van der Waals surface area contributed by atoms with Crippen molar-refractivity contribution in [3.05, 3.63) is 96.3 Å². The Labute approximate surface area is 173 Å². The van der Waals surface area contributed by atoms with Gasteiger partial charge in [-0.15, -0.1) is 0 Å². The van der Waals surface area contributed by atoms with Gasteiger partial charge in [-0.1, -0.05) is 36.4 Å². The Balaban J connectivity index is 1.81. The number of benzene rings is 3. The van der Waals surface area contributed by atoms with E-state index in [1.165, 1.54) is 18.2 Å². The van der Waals surface area contributed by atoms with Crippen molar-refractivity contribution in [2.24, 2.45) is 0 Å². The van der Waals surface area contributed by atoms with E-state index in [4.69, 9.17) is 10.5 Å². The first kappa shape index (κ1) is 20.9. The Bertz CT molecular complexity index is 1040. The fourth-order valence-electron chi connectivity index (χ4n) is 2.73. The van der Waals surface area contributed by atoms with Crippen LogP contribution in [0.5, 0.6) is 11.5 Å². The largest absolute Gasteiger partial charge is 0.505 e. The van der Waals surface area contributed by atoms with Crippen molar-refractivity contribution in [2.45, 2.75) is 12.2 Å². The minimum Gasteiger partial charge on any atom is -0.505 e. The maximum Gasteiger partial charge on any atom is 0.248 e.